The van der Waals surface area contributed by atoms with E-state index in [2.05, 4.69) is 15.6 Å². The van der Waals surface area contributed by atoms with Crippen molar-refractivity contribution in [1.29, 1.82) is 0 Å². The summed E-state index contributed by atoms with van der Waals surface area (Å²) in [5.41, 5.74) is 1.00. The van der Waals surface area contributed by atoms with E-state index in [0.717, 1.165) is 30.3 Å². The molecule has 5 heteroatoms. The molecule has 1 aliphatic heterocycles. The number of carbonyl (C=O) groups is 1. The van der Waals surface area contributed by atoms with Gasteiger partial charge in [0.15, 0.2) is 5.13 Å². The zero-order valence-corrected chi connectivity index (χ0v) is 11.2. The molecule has 17 heavy (non-hydrogen) atoms. The van der Waals surface area contributed by atoms with Gasteiger partial charge in [-0.3, -0.25) is 4.79 Å². The SMILES string of the molecule is Cc1nc(NC(=O)CC2CCCNC2)sc1C. The molecule has 1 amide bonds. The van der Waals surface area contributed by atoms with Gasteiger partial charge in [-0.2, -0.15) is 0 Å². The van der Waals surface area contributed by atoms with Gasteiger partial charge in [-0.25, -0.2) is 4.98 Å². The van der Waals surface area contributed by atoms with Crippen molar-refractivity contribution in [3.8, 4) is 0 Å². The van der Waals surface area contributed by atoms with Gasteiger partial charge < -0.3 is 10.6 Å². The molecule has 2 N–H and O–H groups in total. The molecule has 1 saturated heterocycles. The number of nitrogens with zero attached hydrogens (tertiary/aromatic N) is 1. The van der Waals surface area contributed by atoms with E-state index < -0.39 is 0 Å². The zero-order valence-electron chi connectivity index (χ0n) is 10.4. The van der Waals surface area contributed by atoms with Crippen LogP contribution in [0.3, 0.4) is 0 Å². The van der Waals surface area contributed by atoms with Crippen LogP contribution in [0.2, 0.25) is 0 Å². The standard InChI is InChI=1S/C12H19N3OS/c1-8-9(2)17-12(14-8)15-11(16)6-10-4-3-5-13-7-10/h10,13H,3-7H2,1-2H3,(H,14,15,16). The quantitative estimate of drug-likeness (QED) is 0.867. The molecule has 1 unspecified atom stereocenters. The summed E-state index contributed by atoms with van der Waals surface area (Å²) >= 11 is 1.55. The molecular formula is C12H19N3OS. The Kier molecular flexibility index (Phi) is 4.12. The molecule has 4 nitrogen and oxygen atoms in total. The van der Waals surface area contributed by atoms with E-state index in [1.807, 2.05) is 13.8 Å². The Morgan fingerprint density at radius 1 is 1.59 bits per heavy atom. The van der Waals surface area contributed by atoms with Gasteiger partial charge in [0, 0.05) is 11.3 Å². The third-order valence-corrected chi connectivity index (χ3v) is 4.14. The molecule has 0 aliphatic carbocycles. The average molecular weight is 253 g/mol. The van der Waals surface area contributed by atoms with Crippen molar-refractivity contribution < 1.29 is 4.79 Å². The number of anilines is 1. The maximum Gasteiger partial charge on any atom is 0.226 e. The van der Waals surface area contributed by atoms with Crippen molar-refractivity contribution in [3.63, 3.8) is 0 Å². The molecular weight excluding hydrogens is 234 g/mol. The molecule has 1 fully saturated rings. The minimum Gasteiger partial charge on any atom is -0.316 e. The van der Waals surface area contributed by atoms with Crippen LogP contribution in [0, 0.1) is 19.8 Å². The highest BCUT2D eigenvalue weighted by Crippen LogP contribution is 2.22. The summed E-state index contributed by atoms with van der Waals surface area (Å²) in [6.07, 6.45) is 2.93. The fourth-order valence-electron chi connectivity index (χ4n) is 2.06. The zero-order chi connectivity index (χ0) is 12.3. The monoisotopic (exact) mass is 253 g/mol. The summed E-state index contributed by atoms with van der Waals surface area (Å²) < 4.78 is 0. The number of piperidine rings is 1. The minimum atomic E-state index is 0.0902. The van der Waals surface area contributed by atoms with Gasteiger partial charge in [-0.1, -0.05) is 0 Å². The Morgan fingerprint density at radius 3 is 3.00 bits per heavy atom. The lowest BCUT2D eigenvalue weighted by Crippen LogP contribution is -2.32. The van der Waals surface area contributed by atoms with Crippen LogP contribution in [0.15, 0.2) is 0 Å². The van der Waals surface area contributed by atoms with E-state index in [1.165, 1.54) is 11.3 Å². The van der Waals surface area contributed by atoms with Crippen LogP contribution in [0.25, 0.3) is 0 Å². The molecule has 0 radical (unpaired) electrons. The molecule has 0 aromatic carbocycles. The number of amides is 1. The van der Waals surface area contributed by atoms with E-state index in [1.54, 1.807) is 11.3 Å². The smallest absolute Gasteiger partial charge is 0.226 e. The summed E-state index contributed by atoms with van der Waals surface area (Å²) in [6.45, 7) is 6.03. The van der Waals surface area contributed by atoms with Crippen LogP contribution in [0.5, 0.6) is 0 Å². The highest BCUT2D eigenvalue weighted by molar-refractivity contribution is 7.15. The predicted octanol–water partition coefficient (Wildman–Crippen LogP) is 2.09. The van der Waals surface area contributed by atoms with Crippen molar-refractivity contribution >= 4 is 22.4 Å². The maximum absolute atomic E-state index is 11.8. The van der Waals surface area contributed by atoms with Crippen molar-refractivity contribution in [1.82, 2.24) is 10.3 Å². The first-order valence-electron chi connectivity index (χ1n) is 6.09. The number of hydrogen-bond acceptors (Lipinski definition) is 4. The molecule has 2 rings (SSSR count). The van der Waals surface area contributed by atoms with E-state index in [9.17, 15) is 4.79 Å². The summed E-state index contributed by atoms with van der Waals surface area (Å²) in [6, 6.07) is 0. The van der Waals surface area contributed by atoms with Crippen molar-refractivity contribution in [2.24, 2.45) is 5.92 Å². The van der Waals surface area contributed by atoms with Crippen LogP contribution in [-0.2, 0) is 4.79 Å². The molecule has 2 heterocycles. The Morgan fingerprint density at radius 2 is 2.41 bits per heavy atom. The fourth-order valence-corrected chi connectivity index (χ4v) is 2.89. The van der Waals surface area contributed by atoms with Gasteiger partial charge >= 0.3 is 0 Å². The summed E-state index contributed by atoms with van der Waals surface area (Å²) in [4.78, 5) is 17.3. The van der Waals surface area contributed by atoms with Gasteiger partial charge in [0.1, 0.15) is 0 Å². The molecule has 0 saturated carbocycles. The lowest BCUT2D eigenvalue weighted by atomic mass is 9.96. The summed E-state index contributed by atoms with van der Waals surface area (Å²) in [7, 11) is 0. The maximum atomic E-state index is 11.8. The van der Waals surface area contributed by atoms with Gasteiger partial charge in [0.2, 0.25) is 5.91 Å². The fraction of sp³-hybridized carbons (Fsp3) is 0.667. The van der Waals surface area contributed by atoms with Crippen molar-refractivity contribution in [2.75, 3.05) is 18.4 Å². The number of nitrogens with one attached hydrogen (secondary N) is 2. The predicted molar refractivity (Wildman–Crippen MR) is 70.4 cm³/mol. The molecule has 0 spiro atoms. The largest absolute Gasteiger partial charge is 0.316 e. The van der Waals surface area contributed by atoms with Gasteiger partial charge in [0.05, 0.1) is 5.69 Å². The third kappa shape index (κ3) is 3.51. The summed E-state index contributed by atoms with van der Waals surface area (Å²) in [5, 5.41) is 6.95. The van der Waals surface area contributed by atoms with E-state index in [4.69, 9.17) is 0 Å². The van der Waals surface area contributed by atoms with E-state index in [0.29, 0.717) is 12.3 Å². The highest BCUT2D eigenvalue weighted by atomic mass is 32.1. The first-order chi connectivity index (χ1) is 8.15. The van der Waals surface area contributed by atoms with E-state index in [-0.39, 0.29) is 5.91 Å². The highest BCUT2D eigenvalue weighted by Gasteiger charge is 2.17. The molecule has 94 valence electrons. The number of hydrogen-bond donors (Lipinski definition) is 2. The second kappa shape index (κ2) is 5.60. The number of aromatic nitrogens is 1. The van der Waals surface area contributed by atoms with Crippen LogP contribution in [0.4, 0.5) is 5.13 Å². The Bertz CT molecular complexity index is 377. The number of rotatable bonds is 3. The lowest BCUT2D eigenvalue weighted by molar-refractivity contribution is -0.117. The first kappa shape index (κ1) is 12.5. The van der Waals surface area contributed by atoms with E-state index >= 15 is 0 Å². The molecule has 1 aliphatic rings. The molecule has 1 aromatic heterocycles. The second-order valence-electron chi connectivity index (χ2n) is 4.63. The average Bonchev–Trinajstić information content (AvgIpc) is 2.59. The Hall–Kier alpha value is -0.940. The Labute approximate surface area is 106 Å². The van der Waals surface area contributed by atoms with Crippen LogP contribution >= 0.6 is 11.3 Å². The van der Waals surface area contributed by atoms with Crippen LogP contribution < -0.4 is 10.6 Å². The number of carbonyl (C=O) groups excluding carboxylic acids is 1. The van der Waals surface area contributed by atoms with Gasteiger partial charge in [-0.05, 0) is 45.7 Å². The van der Waals surface area contributed by atoms with Crippen LogP contribution in [-0.4, -0.2) is 24.0 Å². The Balaban J connectivity index is 1.84. The van der Waals surface area contributed by atoms with Gasteiger partial charge in [-0.15, -0.1) is 11.3 Å². The van der Waals surface area contributed by atoms with Crippen LogP contribution in [0.1, 0.15) is 29.8 Å². The van der Waals surface area contributed by atoms with Crippen molar-refractivity contribution in [2.45, 2.75) is 33.1 Å². The normalized spacial score (nSPS) is 20.2. The number of aryl methyl sites for hydroxylation is 2. The van der Waals surface area contributed by atoms with Crippen molar-refractivity contribution in [3.05, 3.63) is 10.6 Å². The second-order valence-corrected chi connectivity index (χ2v) is 5.83. The summed E-state index contributed by atoms with van der Waals surface area (Å²) in [5.74, 6) is 0.568. The first-order valence-corrected chi connectivity index (χ1v) is 6.91. The topological polar surface area (TPSA) is 54.0 Å². The van der Waals surface area contributed by atoms with Gasteiger partial charge in [0.25, 0.3) is 0 Å². The third-order valence-electron chi connectivity index (χ3n) is 3.15. The molecule has 1 atom stereocenters. The number of thiazole rings is 1. The molecule has 0 bridgehead atoms. The minimum absolute atomic E-state index is 0.0902. The lowest BCUT2D eigenvalue weighted by Gasteiger charge is -2.21. The molecule has 1 aromatic rings.